The number of halogens is 3. The van der Waals surface area contributed by atoms with E-state index in [-0.39, 0.29) is 5.82 Å². The Hall–Kier alpha value is -3.71. The second-order valence-corrected chi connectivity index (χ2v) is 7.46. The second kappa shape index (κ2) is 9.62. The molecule has 0 unspecified atom stereocenters. The van der Waals surface area contributed by atoms with Gasteiger partial charge in [-0.15, -0.1) is 0 Å². The highest BCUT2D eigenvalue weighted by Crippen LogP contribution is 2.20. The van der Waals surface area contributed by atoms with Crippen LogP contribution in [0, 0.1) is 29.3 Å². The van der Waals surface area contributed by atoms with Gasteiger partial charge in [0.25, 0.3) is 0 Å². The lowest BCUT2D eigenvalue weighted by Crippen LogP contribution is -1.97. The molecule has 4 aromatic rings. The van der Waals surface area contributed by atoms with Gasteiger partial charge in [0.1, 0.15) is 11.6 Å². The van der Waals surface area contributed by atoms with Gasteiger partial charge in [0, 0.05) is 17.2 Å². The molecule has 0 saturated carbocycles. The first kappa shape index (κ1) is 21.5. The van der Waals surface area contributed by atoms with Crippen LogP contribution in [0.1, 0.15) is 29.2 Å². The van der Waals surface area contributed by atoms with E-state index in [4.69, 9.17) is 4.74 Å². The topological polar surface area (TPSA) is 9.23 Å². The van der Waals surface area contributed by atoms with E-state index in [9.17, 15) is 13.2 Å². The first-order valence-electron chi connectivity index (χ1n) is 10.4. The zero-order valence-electron chi connectivity index (χ0n) is 17.6. The fourth-order valence-electron chi connectivity index (χ4n) is 3.49. The highest BCUT2D eigenvalue weighted by molar-refractivity contribution is 5.84. The molecule has 0 radical (unpaired) electrons. The predicted octanol–water partition coefficient (Wildman–Crippen LogP) is 6.84. The third kappa shape index (κ3) is 5.12. The Morgan fingerprint density at radius 2 is 1.34 bits per heavy atom. The van der Waals surface area contributed by atoms with Crippen molar-refractivity contribution in [2.75, 3.05) is 6.61 Å². The quantitative estimate of drug-likeness (QED) is 0.315. The third-order valence-corrected chi connectivity index (χ3v) is 5.20. The van der Waals surface area contributed by atoms with Gasteiger partial charge in [0.2, 0.25) is 0 Å². The Labute approximate surface area is 185 Å². The van der Waals surface area contributed by atoms with Crippen molar-refractivity contribution in [1.29, 1.82) is 0 Å². The lowest BCUT2D eigenvalue weighted by atomic mass is 10.0. The van der Waals surface area contributed by atoms with Crippen LogP contribution in [0.4, 0.5) is 13.2 Å². The smallest absolute Gasteiger partial charge is 0.159 e. The molecule has 1 nitrogen and oxygen atoms in total. The molecular weight excluding hydrogens is 409 g/mol. The summed E-state index contributed by atoms with van der Waals surface area (Å²) in [5.41, 5.74) is 3.31. The molecule has 4 aromatic carbocycles. The average molecular weight is 430 g/mol. The van der Waals surface area contributed by atoms with E-state index >= 15 is 0 Å². The van der Waals surface area contributed by atoms with Crippen molar-refractivity contribution in [3.05, 3.63) is 113 Å². The van der Waals surface area contributed by atoms with Gasteiger partial charge in [0.05, 0.1) is 6.61 Å². The van der Waals surface area contributed by atoms with Crippen LogP contribution in [0.25, 0.3) is 10.8 Å². The monoisotopic (exact) mass is 430 g/mol. The van der Waals surface area contributed by atoms with Crippen LogP contribution in [0.3, 0.4) is 0 Å². The second-order valence-electron chi connectivity index (χ2n) is 7.46. The molecule has 0 saturated heterocycles. The number of fused-ring (bicyclic) bond motifs is 1. The Kier molecular flexibility index (Phi) is 6.47. The number of ether oxygens (including phenoxy) is 1. The molecule has 0 aliphatic heterocycles. The van der Waals surface area contributed by atoms with E-state index in [0.717, 1.165) is 16.7 Å². The van der Waals surface area contributed by atoms with E-state index in [2.05, 4.69) is 11.8 Å². The molecule has 4 rings (SSSR count). The minimum atomic E-state index is -0.872. The van der Waals surface area contributed by atoms with Crippen molar-refractivity contribution in [2.24, 2.45) is 0 Å². The number of benzene rings is 4. The van der Waals surface area contributed by atoms with Gasteiger partial charge in [-0.1, -0.05) is 36.1 Å². The minimum Gasteiger partial charge on any atom is -0.494 e. The molecule has 32 heavy (non-hydrogen) atoms. The summed E-state index contributed by atoms with van der Waals surface area (Å²) in [6, 6.07) is 20.4. The van der Waals surface area contributed by atoms with Crippen molar-refractivity contribution in [3.63, 3.8) is 0 Å². The third-order valence-electron chi connectivity index (χ3n) is 5.20. The summed E-state index contributed by atoms with van der Waals surface area (Å²) in [4.78, 5) is 0. The van der Waals surface area contributed by atoms with Crippen molar-refractivity contribution in [3.8, 4) is 17.6 Å². The Bertz CT molecular complexity index is 1310. The summed E-state index contributed by atoms with van der Waals surface area (Å²) in [5, 5.41) is 1.23. The normalized spacial score (nSPS) is 10.6. The Morgan fingerprint density at radius 1 is 0.656 bits per heavy atom. The van der Waals surface area contributed by atoms with Crippen molar-refractivity contribution in [1.82, 2.24) is 0 Å². The van der Waals surface area contributed by atoms with Crippen molar-refractivity contribution >= 4 is 10.8 Å². The van der Waals surface area contributed by atoms with Gasteiger partial charge in [-0.2, -0.15) is 0 Å². The number of rotatable bonds is 5. The molecule has 0 bridgehead atoms. The highest BCUT2D eigenvalue weighted by Gasteiger charge is 2.06. The molecule has 0 amide bonds. The SMILES string of the molecule is CCOc1ccc(CCc2ccc(C#Cc3ccc4cc(F)c(F)cc4c3)cc2)c(F)c1. The first-order valence-corrected chi connectivity index (χ1v) is 10.4. The van der Waals surface area contributed by atoms with Crippen LogP contribution in [0.2, 0.25) is 0 Å². The zero-order chi connectivity index (χ0) is 22.5. The van der Waals surface area contributed by atoms with Gasteiger partial charge in [-0.05, 0) is 84.1 Å². The summed E-state index contributed by atoms with van der Waals surface area (Å²) < 4.78 is 46.3. The van der Waals surface area contributed by atoms with Crippen LogP contribution < -0.4 is 4.74 Å². The lowest BCUT2D eigenvalue weighted by Gasteiger charge is -2.07. The van der Waals surface area contributed by atoms with E-state index in [1.54, 1.807) is 30.3 Å². The van der Waals surface area contributed by atoms with Crippen LogP contribution >= 0.6 is 0 Å². The van der Waals surface area contributed by atoms with Crippen molar-refractivity contribution < 1.29 is 17.9 Å². The summed E-state index contributed by atoms with van der Waals surface area (Å²) in [6.07, 6.45) is 1.31. The van der Waals surface area contributed by atoms with Gasteiger partial charge < -0.3 is 4.74 Å². The summed E-state index contributed by atoms with van der Waals surface area (Å²) in [7, 11) is 0. The Balaban J connectivity index is 1.42. The zero-order valence-corrected chi connectivity index (χ0v) is 17.6. The van der Waals surface area contributed by atoms with Gasteiger partial charge in [0.15, 0.2) is 11.6 Å². The molecule has 0 fully saturated rings. The Morgan fingerprint density at radius 3 is 2.06 bits per heavy atom. The van der Waals surface area contributed by atoms with E-state index in [0.29, 0.717) is 41.5 Å². The lowest BCUT2D eigenvalue weighted by molar-refractivity contribution is 0.338. The van der Waals surface area contributed by atoms with Crippen LogP contribution in [0.5, 0.6) is 5.75 Å². The van der Waals surface area contributed by atoms with Crippen LogP contribution in [-0.2, 0) is 12.8 Å². The fraction of sp³-hybridized carbons (Fsp3) is 0.143. The molecule has 0 aliphatic carbocycles. The van der Waals surface area contributed by atoms with E-state index < -0.39 is 11.6 Å². The molecule has 0 spiro atoms. The van der Waals surface area contributed by atoms with Crippen molar-refractivity contribution in [2.45, 2.75) is 19.8 Å². The molecule has 0 heterocycles. The number of aryl methyl sites for hydroxylation is 2. The molecule has 0 N–H and O–H groups in total. The van der Waals surface area contributed by atoms with Crippen LogP contribution in [0.15, 0.2) is 72.8 Å². The van der Waals surface area contributed by atoms with E-state index in [1.165, 1.54) is 18.2 Å². The largest absolute Gasteiger partial charge is 0.494 e. The number of hydrogen-bond donors (Lipinski definition) is 0. The summed E-state index contributed by atoms with van der Waals surface area (Å²) >= 11 is 0. The molecular formula is C28H21F3O. The maximum Gasteiger partial charge on any atom is 0.159 e. The molecule has 4 heteroatoms. The average Bonchev–Trinajstić information content (AvgIpc) is 2.79. The summed E-state index contributed by atoms with van der Waals surface area (Å²) in [5.74, 6) is 4.71. The molecule has 0 atom stereocenters. The molecule has 0 aromatic heterocycles. The minimum absolute atomic E-state index is 0.253. The predicted molar refractivity (Wildman–Crippen MR) is 121 cm³/mol. The maximum atomic E-state index is 14.2. The standard InChI is InChI=1S/C28H21F3O/c1-2-32-25-14-13-22(26(29)18-25)11-9-20-5-3-19(4-6-20)7-8-21-10-12-23-16-27(30)28(31)17-24(23)15-21/h3-6,10,12-18H,2,9,11H2,1H3. The molecule has 0 aliphatic rings. The fourth-order valence-corrected chi connectivity index (χ4v) is 3.49. The first-order chi connectivity index (χ1) is 15.5. The van der Waals surface area contributed by atoms with E-state index in [1.807, 2.05) is 31.2 Å². The highest BCUT2D eigenvalue weighted by atomic mass is 19.2. The van der Waals surface area contributed by atoms with Gasteiger partial charge in [-0.3, -0.25) is 0 Å². The van der Waals surface area contributed by atoms with Crippen LogP contribution in [-0.4, -0.2) is 6.61 Å². The maximum absolute atomic E-state index is 14.2. The molecule has 160 valence electrons. The number of hydrogen-bond acceptors (Lipinski definition) is 1. The van der Waals surface area contributed by atoms with Gasteiger partial charge >= 0.3 is 0 Å². The summed E-state index contributed by atoms with van der Waals surface area (Å²) in [6.45, 7) is 2.37. The van der Waals surface area contributed by atoms with Gasteiger partial charge in [-0.25, -0.2) is 13.2 Å².